The van der Waals surface area contributed by atoms with Gasteiger partial charge in [-0.05, 0) is 60.9 Å². The number of nitrogens with zero attached hydrogens (tertiary/aromatic N) is 1. The average Bonchev–Trinajstić information content (AvgIpc) is 3.17. The molecule has 0 saturated heterocycles. The molecule has 0 spiro atoms. The molecular formula is C26H28F3NO4. The maximum Gasteiger partial charge on any atom is 0.416 e. The summed E-state index contributed by atoms with van der Waals surface area (Å²) in [5.74, 6) is 0.720. The van der Waals surface area contributed by atoms with Gasteiger partial charge in [-0.2, -0.15) is 13.2 Å². The lowest BCUT2D eigenvalue weighted by Crippen LogP contribution is -2.15. The van der Waals surface area contributed by atoms with Crippen molar-refractivity contribution in [3.8, 4) is 17.2 Å². The topological polar surface area (TPSA) is 72.6 Å². The number of carboxylic acids is 1. The van der Waals surface area contributed by atoms with Crippen LogP contribution in [0.2, 0.25) is 0 Å². The van der Waals surface area contributed by atoms with E-state index in [1.165, 1.54) is 12.1 Å². The van der Waals surface area contributed by atoms with Gasteiger partial charge in [0.1, 0.15) is 11.5 Å². The van der Waals surface area contributed by atoms with E-state index in [0.717, 1.165) is 29.0 Å². The highest BCUT2D eigenvalue weighted by molar-refractivity contribution is 5.67. The molecule has 5 nitrogen and oxygen atoms in total. The van der Waals surface area contributed by atoms with E-state index in [0.29, 0.717) is 36.5 Å². The molecule has 8 heteroatoms. The van der Waals surface area contributed by atoms with Crippen molar-refractivity contribution in [2.75, 3.05) is 6.61 Å². The Balaban J connectivity index is 1.72. The number of ether oxygens (including phenoxy) is 1. The van der Waals surface area contributed by atoms with Crippen LogP contribution < -0.4 is 4.74 Å². The number of hydrogen-bond acceptors (Lipinski definition) is 4. The van der Waals surface area contributed by atoms with E-state index >= 15 is 0 Å². The maximum absolute atomic E-state index is 12.9. The smallest absolute Gasteiger partial charge is 0.416 e. The van der Waals surface area contributed by atoms with E-state index in [1.807, 2.05) is 45.9 Å². The maximum atomic E-state index is 12.9. The second-order valence-electron chi connectivity index (χ2n) is 9.20. The summed E-state index contributed by atoms with van der Waals surface area (Å²) >= 11 is 0. The van der Waals surface area contributed by atoms with E-state index in [1.54, 1.807) is 0 Å². The second-order valence-corrected chi connectivity index (χ2v) is 9.20. The van der Waals surface area contributed by atoms with Crippen LogP contribution in [0.15, 0.2) is 46.9 Å². The van der Waals surface area contributed by atoms with Crippen LogP contribution in [0.25, 0.3) is 11.5 Å². The van der Waals surface area contributed by atoms with Crippen molar-refractivity contribution in [1.82, 2.24) is 4.98 Å². The number of rotatable bonds is 8. The van der Waals surface area contributed by atoms with Crippen molar-refractivity contribution < 1.29 is 32.2 Å². The Kier molecular flexibility index (Phi) is 7.38. The molecule has 34 heavy (non-hydrogen) atoms. The van der Waals surface area contributed by atoms with Crippen LogP contribution >= 0.6 is 0 Å². The zero-order chi connectivity index (χ0) is 25.1. The Hall–Kier alpha value is -3.29. The number of halogens is 3. The van der Waals surface area contributed by atoms with Crippen molar-refractivity contribution in [3.63, 3.8) is 0 Å². The lowest BCUT2D eigenvalue weighted by atomic mass is 9.90. The van der Waals surface area contributed by atoms with Crippen molar-refractivity contribution in [2.24, 2.45) is 0 Å². The Morgan fingerprint density at radius 2 is 1.74 bits per heavy atom. The molecule has 0 amide bonds. The standard InChI is InChI=1S/C26H28F3NO4/c1-16-15-20(11-7-17(16)8-12-22(31)32)33-14-13-21-23(25(2,3)4)30-24(34-21)18-5-9-19(10-6-18)26(27,28)29/h5-7,9-11,15H,8,12-14H2,1-4H3,(H,31,32). The molecule has 1 N–H and O–H groups in total. The summed E-state index contributed by atoms with van der Waals surface area (Å²) in [5.41, 5.74) is 2.06. The Morgan fingerprint density at radius 1 is 1.06 bits per heavy atom. The van der Waals surface area contributed by atoms with E-state index in [2.05, 4.69) is 4.98 Å². The van der Waals surface area contributed by atoms with Crippen molar-refractivity contribution in [2.45, 2.75) is 58.5 Å². The highest BCUT2D eigenvalue weighted by Gasteiger charge is 2.30. The van der Waals surface area contributed by atoms with Crippen LogP contribution in [0.4, 0.5) is 13.2 Å². The van der Waals surface area contributed by atoms with Crippen molar-refractivity contribution >= 4 is 5.97 Å². The van der Waals surface area contributed by atoms with E-state index in [4.69, 9.17) is 14.3 Å². The summed E-state index contributed by atoms with van der Waals surface area (Å²) in [7, 11) is 0. The number of aryl methyl sites for hydroxylation is 2. The Labute approximate surface area is 196 Å². The highest BCUT2D eigenvalue weighted by atomic mass is 19.4. The highest BCUT2D eigenvalue weighted by Crippen LogP contribution is 2.33. The van der Waals surface area contributed by atoms with Crippen LogP contribution in [0.5, 0.6) is 5.75 Å². The van der Waals surface area contributed by atoms with Gasteiger partial charge >= 0.3 is 12.1 Å². The van der Waals surface area contributed by atoms with E-state index in [9.17, 15) is 18.0 Å². The average molecular weight is 476 g/mol. The molecule has 0 aliphatic carbocycles. The molecule has 2 aromatic carbocycles. The summed E-state index contributed by atoms with van der Waals surface area (Å²) in [5, 5.41) is 8.86. The zero-order valence-electron chi connectivity index (χ0n) is 19.6. The molecule has 0 fully saturated rings. The normalized spacial score (nSPS) is 12.1. The van der Waals surface area contributed by atoms with Gasteiger partial charge in [0, 0.05) is 23.8 Å². The molecule has 0 aliphatic heterocycles. The van der Waals surface area contributed by atoms with Gasteiger partial charge in [0.15, 0.2) is 0 Å². The number of carboxylic acid groups (broad SMARTS) is 1. The van der Waals surface area contributed by atoms with Gasteiger partial charge in [0.25, 0.3) is 0 Å². The number of alkyl halides is 3. The van der Waals surface area contributed by atoms with Gasteiger partial charge in [-0.3, -0.25) is 4.79 Å². The number of aromatic nitrogens is 1. The third-order valence-corrected chi connectivity index (χ3v) is 5.39. The minimum absolute atomic E-state index is 0.0728. The van der Waals surface area contributed by atoms with Gasteiger partial charge in [-0.1, -0.05) is 26.8 Å². The largest absolute Gasteiger partial charge is 0.493 e. The Bertz CT molecular complexity index is 1140. The lowest BCUT2D eigenvalue weighted by Gasteiger charge is -2.16. The molecule has 0 bridgehead atoms. The van der Waals surface area contributed by atoms with Crippen molar-refractivity contribution in [3.05, 3.63) is 70.6 Å². The van der Waals surface area contributed by atoms with Crippen LogP contribution in [-0.4, -0.2) is 22.7 Å². The number of benzene rings is 2. The monoisotopic (exact) mass is 475 g/mol. The minimum Gasteiger partial charge on any atom is -0.493 e. The minimum atomic E-state index is -4.40. The summed E-state index contributed by atoms with van der Waals surface area (Å²) in [6.45, 7) is 8.20. The van der Waals surface area contributed by atoms with E-state index < -0.39 is 17.7 Å². The van der Waals surface area contributed by atoms with Gasteiger partial charge in [0.2, 0.25) is 5.89 Å². The molecule has 0 unspecified atom stereocenters. The summed E-state index contributed by atoms with van der Waals surface area (Å²) < 4.78 is 50.4. The molecule has 0 saturated carbocycles. The molecular weight excluding hydrogens is 447 g/mol. The predicted molar refractivity (Wildman–Crippen MR) is 122 cm³/mol. The van der Waals surface area contributed by atoms with Gasteiger partial charge in [-0.25, -0.2) is 4.98 Å². The molecule has 1 aromatic heterocycles. The van der Waals surface area contributed by atoms with Crippen LogP contribution in [0.3, 0.4) is 0 Å². The summed E-state index contributed by atoms with van der Waals surface area (Å²) in [6.07, 6.45) is -3.44. The molecule has 3 aromatic rings. The number of carbonyl (C=O) groups is 1. The molecule has 3 rings (SSSR count). The molecule has 0 atom stereocenters. The number of hydrogen-bond donors (Lipinski definition) is 1. The van der Waals surface area contributed by atoms with Gasteiger partial charge < -0.3 is 14.3 Å². The van der Waals surface area contributed by atoms with Crippen LogP contribution in [-0.2, 0) is 29.2 Å². The zero-order valence-corrected chi connectivity index (χ0v) is 19.6. The third-order valence-electron chi connectivity index (χ3n) is 5.39. The second kappa shape index (κ2) is 9.91. The quantitative estimate of drug-likeness (QED) is 0.397. The molecule has 0 radical (unpaired) electrons. The fourth-order valence-electron chi connectivity index (χ4n) is 3.57. The molecule has 1 heterocycles. The first kappa shape index (κ1) is 25.3. The fraction of sp³-hybridized carbons (Fsp3) is 0.385. The number of oxazole rings is 1. The number of aliphatic carboxylic acids is 1. The van der Waals surface area contributed by atoms with E-state index in [-0.39, 0.29) is 17.7 Å². The lowest BCUT2D eigenvalue weighted by molar-refractivity contribution is -0.138. The van der Waals surface area contributed by atoms with Crippen LogP contribution in [0, 0.1) is 6.92 Å². The molecule has 0 aliphatic rings. The Morgan fingerprint density at radius 3 is 2.29 bits per heavy atom. The first-order chi connectivity index (χ1) is 15.8. The third kappa shape index (κ3) is 6.40. The summed E-state index contributed by atoms with van der Waals surface area (Å²) in [4.78, 5) is 15.4. The SMILES string of the molecule is Cc1cc(OCCc2oc(-c3ccc(C(F)(F)F)cc3)nc2C(C)(C)C)ccc1CCC(=O)O. The summed E-state index contributed by atoms with van der Waals surface area (Å²) in [6, 6.07) is 10.3. The van der Waals surface area contributed by atoms with Crippen molar-refractivity contribution in [1.29, 1.82) is 0 Å². The first-order valence-electron chi connectivity index (χ1n) is 11.0. The van der Waals surface area contributed by atoms with Gasteiger partial charge in [-0.15, -0.1) is 0 Å². The van der Waals surface area contributed by atoms with Gasteiger partial charge in [0.05, 0.1) is 17.9 Å². The molecule has 182 valence electrons. The fourth-order valence-corrected chi connectivity index (χ4v) is 3.57. The predicted octanol–water partition coefficient (Wildman–Crippen LogP) is 6.61. The first-order valence-corrected chi connectivity index (χ1v) is 11.0. The van der Waals surface area contributed by atoms with Crippen LogP contribution in [0.1, 0.15) is 55.3 Å².